The van der Waals surface area contributed by atoms with Crippen molar-refractivity contribution < 1.29 is 13.9 Å². The predicted octanol–water partition coefficient (Wildman–Crippen LogP) is 3.03. The van der Waals surface area contributed by atoms with E-state index in [9.17, 15) is 9.18 Å². The minimum atomic E-state index is -0.516. The van der Waals surface area contributed by atoms with Crippen molar-refractivity contribution in [2.24, 2.45) is 11.8 Å². The Morgan fingerprint density at radius 3 is 2.83 bits per heavy atom. The lowest BCUT2D eigenvalue weighted by Crippen LogP contribution is -2.25. The number of methoxy groups -OCH3 is 1. The molecule has 1 fully saturated rings. The Morgan fingerprint density at radius 2 is 2.17 bits per heavy atom. The van der Waals surface area contributed by atoms with Crippen LogP contribution in [0.3, 0.4) is 0 Å². The zero-order valence-corrected chi connectivity index (χ0v) is 13.0. The maximum absolute atomic E-state index is 13.6. The Bertz CT molecular complexity index is 770. The van der Waals surface area contributed by atoms with Crippen molar-refractivity contribution >= 4 is 16.9 Å². The van der Waals surface area contributed by atoms with Crippen LogP contribution in [0.15, 0.2) is 18.3 Å². The van der Waals surface area contributed by atoms with Gasteiger partial charge in [-0.3, -0.25) is 9.48 Å². The van der Waals surface area contributed by atoms with Gasteiger partial charge in [-0.2, -0.15) is 10.4 Å². The summed E-state index contributed by atoms with van der Waals surface area (Å²) in [4.78, 5) is 11.6. The van der Waals surface area contributed by atoms with Crippen LogP contribution < -0.4 is 0 Å². The Kier molecular flexibility index (Phi) is 4.28. The third kappa shape index (κ3) is 3.04. The number of nitrogens with zero attached hydrogens (tertiary/aromatic N) is 3. The van der Waals surface area contributed by atoms with Crippen molar-refractivity contribution in [2.45, 2.75) is 32.2 Å². The van der Waals surface area contributed by atoms with E-state index < -0.39 is 5.82 Å². The van der Waals surface area contributed by atoms with Gasteiger partial charge in [0.2, 0.25) is 0 Å². The van der Waals surface area contributed by atoms with Crippen molar-refractivity contribution in [1.29, 1.82) is 5.26 Å². The monoisotopic (exact) mass is 315 g/mol. The number of nitriles is 1. The fourth-order valence-corrected chi connectivity index (χ4v) is 3.32. The summed E-state index contributed by atoms with van der Waals surface area (Å²) >= 11 is 0. The molecule has 1 heterocycles. The molecule has 3 rings (SSSR count). The Hall–Kier alpha value is -2.42. The summed E-state index contributed by atoms with van der Waals surface area (Å²) < 4.78 is 20.3. The lowest BCUT2D eigenvalue weighted by molar-refractivity contribution is -0.146. The van der Waals surface area contributed by atoms with Crippen LogP contribution in [0, 0.1) is 29.0 Å². The third-order valence-electron chi connectivity index (χ3n) is 4.66. The minimum Gasteiger partial charge on any atom is -0.469 e. The van der Waals surface area contributed by atoms with E-state index in [0.29, 0.717) is 17.8 Å². The quantitative estimate of drug-likeness (QED) is 0.817. The molecule has 23 heavy (non-hydrogen) atoms. The molecule has 0 bridgehead atoms. The predicted molar refractivity (Wildman–Crippen MR) is 81.9 cm³/mol. The normalized spacial score (nSPS) is 21.1. The van der Waals surface area contributed by atoms with Crippen LogP contribution >= 0.6 is 0 Å². The highest BCUT2D eigenvalue weighted by Crippen LogP contribution is 2.31. The Balaban J connectivity index is 1.73. The standard InChI is InChI=1S/C17H18FN3O2/c1-23-17(22)12-4-2-11(3-5-12)10-21-16-7-13(8-19)15(18)6-14(16)9-20-21/h6-7,9,11-12H,2-5,10H2,1H3. The molecule has 1 aromatic heterocycles. The summed E-state index contributed by atoms with van der Waals surface area (Å²) in [5, 5.41) is 14.0. The van der Waals surface area contributed by atoms with Crippen LogP contribution in [0.5, 0.6) is 0 Å². The van der Waals surface area contributed by atoms with Gasteiger partial charge in [0.1, 0.15) is 11.9 Å². The average molecular weight is 315 g/mol. The number of carbonyl (C=O) groups is 1. The molecule has 1 aliphatic rings. The second-order valence-corrected chi connectivity index (χ2v) is 6.07. The summed E-state index contributed by atoms with van der Waals surface area (Å²) in [7, 11) is 1.43. The lowest BCUT2D eigenvalue weighted by atomic mass is 9.82. The first kappa shape index (κ1) is 15.5. The summed E-state index contributed by atoms with van der Waals surface area (Å²) in [6, 6.07) is 4.77. The largest absolute Gasteiger partial charge is 0.469 e. The van der Waals surface area contributed by atoms with E-state index >= 15 is 0 Å². The van der Waals surface area contributed by atoms with Gasteiger partial charge in [0.15, 0.2) is 0 Å². The molecule has 0 atom stereocenters. The molecule has 0 amide bonds. The zero-order chi connectivity index (χ0) is 16.4. The van der Waals surface area contributed by atoms with Gasteiger partial charge in [0.05, 0.1) is 30.3 Å². The molecule has 0 N–H and O–H groups in total. The van der Waals surface area contributed by atoms with Gasteiger partial charge >= 0.3 is 5.97 Å². The molecule has 5 nitrogen and oxygen atoms in total. The number of hydrogen-bond donors (Lipinski definition) is 0. The van der Waals surface area contributed by atoms with Gasteiger partial charge in [0, 0.05) is 11.9 Å². The number of hydrogen-bond acceptors (Lipinski definition) is 4. The van der Waals surface area contributed by atoms with E-state index in [1.54, 1.807) is 12.3 Å². The molecule has 0 saturated heterocycles. The third-order valence-corrected chi connectivity index (χ3v) is 4.66. The highest BCUT2D eigenvalue weighted by molar-refractivity contribution is 5.80. The first-order valence-electron chi connectivity index (χ1n) is 7.75. The summed E-state index contributed by atoms with van der Waals surface area (Å²) in [6.07, 6.45) is 5.16. The van der Waals surface area contributed by atoms with Crippen LogP contribution in [0.4, 0.5) is 4.39 Å². The summed E-state index contributed by atoms with van der Waals surface area (Å²) in [5.41, 5.74) is 0.812. The van der Waals surface area contributed by atoms with Gasteiger partial charge in [-0.15, -0.1) is 0 Å². The molecule has 1 aliphatic carbocycles. The van der Waals surface area contributed by atoms with Crippen molar-refractivity contribution in [3.8, 4) is 6.07 Å². The molecule has 120 valence electrons. The molecular weight excluding hydrogens is 297 g/mol. The summed E-state index contributed by atoms with van der Waals surface area (Å²) in [6.45, 7) is 0.716. The molecule has 0 aliphatic heterocycles. The topological polar surface area (TPSA) is 67.9 Å². The number of rotatable bonds is 3. The number of fused-ring (bicyclic) bond motifs is 1. The highest BCUT2D eigenvalue weighted by atomic mass is 19.1. The minimum absolute atomic E-state index is 0.00454. The van der Waals surface area contributed by atoms with E-state index in [1.807, 2.05) is 10.8 Å². The molecule has 0 spiro atoms. The van der Waals surface area contributed by atoms with Crippen LogP contribution in [0.1, 0.15) is 31.2 Å². The van der Waals surface area contributed by atoms with E-state index in [1.165, 1.54) is 13.2 Å². The molecule has 0 radical (unpaired) electrons. The van der Waals surface area contributed by atoms with Crippen LogP contribution in [0.25, 0.3) is 10.9 Å². The molecule has 2 aromatic rings. The Labute approximate surface area is 133 Å². The van der Waals surface area contributed by atoms with Crippen LogP contribution in [-0.4, -0.2) is 22.9 Å². The van der Waals surface area contributed by atoms with Gasteiger partial charge in [0.25, 0.3) is 0 Å². The fourth-order valence-electron chi connectivity index (χ4n) is 3.32. The van der Waals surface area contributed by atoms with E-state index in [-0.39, 0.29) is 17.5 Å². The van der Waals surface area contributed by atoms with Gasteiger partial charge in [-0.1, -0.05) is 0 Å². The van der Waals surface area contributed by atoms with Crippen molar-refractivity contribution in [3.05, 3.63) is 29.7 Å². The number of ether oxygens (including phenoxy) is 1. The van der Waals surface area contributed by atoms with E-state index in [2.05, 4.69) is 5.10 Å². The van der Waals surface area contributed by atoms with Crippen molar-refractivity contribution in [2.75, 3.05) is 7.11 Å². The SMILES string of the molecule is COC(=O)C1CCC(Cn2ncc3cc(F)c(C#N)cc32)CC1. The van der Waals surface area contributed by atoms with Crippen LogP contribution in [-0.2, 0) is 16.1 Å². The molecule has 1 saturated carbocycles. The van der Waals surface area contributed by atoms with Gasteiger partial charge < -0.3 is 4.74 Å². The van der Waals surface area contributed by atoms with Crippen molar-refractivity contribution in [1.82, 2.24) is 9.78 Å². The van der Waals surface area contributed by atoms with Gasteiger partial charge in [-0.05, 0) is 43.7 Å². The molecule has 1 aromatic carbocycles. The van der Waals surface area contributed by atoms with Crippen molar-refractivity contribution in [3.63, 3.8) is 0 Å². The first-order valence-corrected chi connectivity index (χ1v) is 7.75. The lowest BCUT2D eigenvalue weighted by Gasteiger charge is -2.26. The molecule has 0 unspecified atom stereocenters. The number of halogens is 1. The maximum atomic E-state index is 13.6. The van der Waals surface area contributed by atoms with E-state index in [4.69, 9.17) is 10.00 Å². The van der Waals surface area contributed by atoms with E-state index in [0.717, 1.165) is 31.2 Å². The van der Waals surface area contributed by atoms with Gasteiger partial charge in [-0.25, -0.2) is 4.39 Å². The Morgan fingerprint density at radius 1 is 1.43 bits per heavy atom. The zero-order valence-electron chi connectivity index (χ0n) is 13.0. The second kappa shape index (κ2) is 6.37. The maximum Gasteiger partial charge on any atom is 0.308 e. The second-order valence-electron chi connectivity index (χ2n) is 6.07. The highest BCUT2D eigenvalue weighted by Gasteiger charge is 2.27. The van der Waals surface area contributed by atoms with Crippen LogP contribution in [0.2, 0.25) is 0 Å². The number of aromatic nitrogens is 2. The number of benzene rings is 1. The number of carbonyl (C=O) groups excluding carboxylic acids is 1. The molecule has 6 heteroatoms. The first-order chi connectivity index (χ1) is 11.1. The average Bonchev–Trinajstić information content (AvgIpc) is 2.95. The molecular formula is C17H18FN3O2. The summed E-state index contributed by atoms with van der Waals surface area (Å²) in [5.74, 6) is -0.209. The fraction of sp³-hybridized carbons (Fsp3) is 0.471. The smallest absolute Gasteiger partial charge is 0.308 e. The number of esters is 1.